The Hall–Kier alpha value is -0.610. The molecule has 2 heterocycles. The third-order valence-electron chi connectivity index (χ3n) is 3.53. The molecule has 18 heavy (non-hydrogen) atoms. The quantitative estimate of drug-likeness (QED) is 0.858. The number of aromatic nitrogens is 2. The molecule has 100 valence electrons. The highest BCUT2D eigenvalue weighted by Gasteiger charge is 2.20. The van der Waals surface area contributed by atoms with E-state index in [9.17, 15) is 0 Å². The minimum absolute atomic E-state index is 0.430. The van der Waals surface area contributed by atoms with Gasteiger partial charge in [-0.3, -0.25) is 0 Å². The predicted molar refractivity (Wildman–Crippen MR) is 77.7 cm³/mol. The lowest BCUT2D eigenvalue weighted by molar-refractivity contribution is 0.369. The van der Waals surface area contributed by atoms with Gasteiger partial charge in [0.1, 0.15) is 6.33 Å². The van der Waals surface area contributed by atoms with Gasteiger partial charge in [0.05, 0.1) is 0 Å². The molecule has 0 spiro atoms. The van der Waals surface area contributed by atoms with Crippen LogP contribution in [0.25, 0.3) is 0 Å². The number of nitrogens with one attached hydrogen (secondary N) is 1. The minimum Gasteiger partial charge on any atom is -0.310 e. The first-order chi connectivity index (χ1) is 8.90. The fourth-order valence-electron chi connectivity index (χ4n) is 2.46. The van der Waals surface area contributed by atoms with Crippen molar-refractivity contribution in [2.24, 2.45) is 5.92 Å². The van der Waals surface area contributed by atoms with Gasteiger partial charge in [-0.15, -0.1) is 0 Å². The van der Waals surface area contributed by atoms with Crippen LogP contribution in [0, 0.1) is 5.92 Å². The Morgan fingerprint density at radius 2 is 2.06 bits per heavy atom. The summed E-state index contributed by atoms with van der Waals surface area (Å²) in [6.07, 6.45) is 10.7. The van der Waals surface area contributed by atoms with Crippen LogP contribution in [-0.4, -0.2) is 28.0 Å². The molecule has 1 N–H and O–H groups in total. The van der Waals surface area contributed by atoms with Gasteiger partial charge in [0.25, 0.3) is 0 Å². The van der Waals surface area contributed by atoms with E-state index in [-0.39, 0.29) is 0 Å². The third kappa shape index (κ3) is 4.25. The van der Waals surface area contributed by atoms with Crippen LogP contribution < -0.4 is 5.32 Å². The molecule has 0 aliphatic carbocycles. The monoisotopic (exact) mass is 265 g/mol. The van der Waals surface area contributed by atoms with Gasteiger partial charge in [-0.1, -0.05) is 6.92 Å². The third-order valence-corrected chi connectivity index (χ3v) is 4.58. The molecule has 0 amide bonds. The molecule has 1 fully saturated rings. The predicted octanol–water partition coefficient (Wildman–Crippen LogP) is 3.05. The second kappa shape index (κ2) is 7.74. The fraction of sp³-hybridized carbons (Fsp3) is 0.714. The van der Waals surface area contributed by atoms with Crippen molar-refractivity contribution in [3.05, 3.63) is 24.3 Å². The van der Waals surface area contributed by atoms with Crippen LogP contribution >= 0.6 is 11.8 Å². The molecule has 3 nitrogen and oxygen atoms in total. The molecular formula is C14H23N3S. The van der Waals surface area contributed by atoms with Crippen molar-refractivity contribution in [3.63, 3.8) is 0 Å². The summed E-state index contributed by atoms with van der Waals surface area (Å²) in [4.78, 5) is 8.30. The standard InChI is InChI=1S/C14H23N3S/c1-2-5-17-14(13-9-15-11-16-10-13)8-12-3-6-18-7-4-12/h9-12,14,17H,2-8H2,1H3. The molecule has 4 heteroatoms. The number of hydrogen-bond acceptors (Lipinski definition) is 4. The Morgan fingerprint density at radius 1 is 1.33 bits per heavy atom. The molecule has 0 saturated carbocycles. The Balaban J connectivity index is 1.95. The topological polar surface area (TPSA) is 37.8 Å². The maximum absolute atomic E-state index is 4.15. The normalized spacial score (nSPS) is 18.7. The van der Waals surface area contributed by atoms with E-state index in [1.807, 2.05) is 12.4 Å². The van der Waals surface area contributed by atoms with Gasteiger partial charge in [-0.05, 0) is 49.7 Å². The van der Waals surface area contributed by atoms with Gasteiger partial charge in [0.15, 0.2) is 0 Å². The largest absolute Gasteiger partial charge is 0.310 e. The first-order valence-electron chi connectivity index (χ1n) is 6.96. The van der Waals surface area contributed by atoms with Crippen molar-refractivity contribution < 1.29 is 0 Å². The SMILES string of the molecule is CCCNC(CC1CCSCC1)c1cncnc1. The van der Waals surface area contributed by atoms with Gasteiger partial charge >= 0.3 is 0 Å². The summed E-state index contributed by atoms with van der Waals surface area (Å²) >= 11 is 2.09. The Bertz CT molecular complexity index is 325. The molecule has 0 aromatic carbocycles. The lowest BCUT2D eigenvalue weighted by atomic mass is 9.91. The van der Waals surface area contributed by atoms with E-state index in [0.29, 0.717) is 6.04 Å². The first kappa shape index (κ1) is 13.8. The maximum Gasteiger partial charge on any atom is 0.115 e. The Labute approximate surface area is 114 Å². The summed E-state index contributed by atoms with van der Waals surface area (Å²) in [5.74, 6) is 3.52. The zero-order valence-corrected chi connectivity index (χ0v) is 12.0. The highest BCUT2D eigenvalue weighted by Crippen LogP contribution is 2.30. The second-order valence-electron chi connectivity index (χ2n) is 4.97. The molecule has 0 radical (unpaired) electrons. The molecule has 1 unspecified atom stereocenters. The number of nitrogens with zero attached hydrogens (tertiary/aromatic N) is 2. The molecule has 1 atom stereocenters. The van der Waals surface area contributed by atoms with E-state index >= 15 is 0 Å². The van der Waals surface area contributed by atoms with Gasteiger partial charge in [0, 0.05) is 24.0 Å². The van der Waals surface area contributed by atoms with Gasteiger partial charge in [-0.25, -0.2) is 9.97 Å². The number of rotatable bonds is 6. The van der Waals surface area contributed by atoms with Crippen LogP contribution in [0.2, 0.25) is 0 Å². The molecule has 0 bridgehead atoms. The average molecular weight is 265 g/mol. The Morgan fingerprint density at radius 3 is 2.72 bits per heavy atom. The van der Waals surface area contributed by atoms with Crippen LogP contribution in [0.1, 0.15) is 44.2 Å². The van der Waals surface area contributed by atoms with Crippen LogP contribution in [0.5, 0.6) is 0 Å². The van der Waals surface area contributed by atoms with Crippen LogP contribution in [-0.2, 0) is 0 Å². The van der Waals surface area contributed by atoms with Crippen LogP contribution in [0.4, 0.5) is 0 Å². The van der Waals surface area contributed by atoms with Crippen molar-refractivity contribution in [1.29, 1.82) is 0 Å². The second-order valence-corrected chi connectivity index (χ2v) is 6.19. The summed E-state index contributed by atoms with van der Waals surface area (Å²) in [7, 11) is 0. The Kier molecular flexibility index (Phi) is 5.94. The van der Waals surface area contributed by atoms with Crippen LogP contribution in [0.15, 0.2) is 18.7 Å². The van der Waals surface area contributed by atoms with Gasteiger partial charge in [-0.2, -0.15) is 11.8 Å². The summed E-state index contributed by atoms with van der Waals surface area (Å²) < 4.78 is 0. The van der Waals surface area contributed by atoms with Crippen molar-refractivity contribution in [2.45, 2.75) is 38.6 Å². The molecular weight excluding hydrogens is 242 g/mol. The van der Waals surface area contributed by atoms with E-state index in [1.165, 1.54) is 42.8 Å². The highest BCUT2D eigenvalue weighted by molar-refractivity contribution is 7.99. The number of thioether (sulfide) groups is 1. The molecule has 1 aliphatic rings. The average Bonchev–Trinajstić information content (AvgIpc) is 2.45. The molecule has 1 aromatic rings. The van der Waals surface area contributed by atoms with Gasteiger partial charge < -0.3 is 5.32 Å². The molecule has 1 aliphatic heterocycles. The van der Waals surface area contributed by atoms with E-state index in [1.54, 1.807) is 6.33 Å². The zero-order valence-electron chi connectivity index (χ0n) is 11.1. The fourth-order valence-corrected chi connectivity index (χ4v) is 3.67. The van der Waals surface area contributed by atoms with E-state index in [4.69, 9.17) is 0 Å². The summed E-state index contributed by atoms with van der Waals surface area (Å²) in [5.41, 5.74) is 1.24. The van der Waals surface area contributed by atoms with Crippen molar-refractivity contribution in [2.75, 3.05) is 18.1 Å². The first-order valence-corrected chi connectivity index (χ1v) is 8.11. The summed E-state index contributed by atoms with van der Waals surface area (Å²) in [6.45, 7) is 3.28. The van der Waals surface area contributed by atoms with Gasteiger partial charge in [0.2, 0.25) is 0 Å². The lowest BCUT2D eigenvalue weighted by Crippen LogP contribution is -2.26. The summed E-state index contributed by atoms with van der Waals surface area (Å²) in [5, 5.41) is 3.65. The lowest BCUT2D eigenvalue weighted by Gasteiger charge is -2.27. The van der Waals surface area contributed by atoms with E-state index in [2.05, 4.69) is 34.0 Å². The summed E-state index contributed by atoms with van der Waals surface area (Å²) in [6, 6.07) is 0.430. The maximum atomic E-state index is 4.15. The van der Waals surface area contributed by atoms with Crippen molar-refractivity contribution in [1.82, 2.24) is 15.3 Å². The molecule has 2 rings (SSSR count). The number of hydrogen-bond donors (Lipinski definition) is 1. The van der Waals surface area contributed by atoms with E-state index < -0.39 is 0 Å². The minimum atomic E-state index is 0.430. The van der Waals surface area contributed by atoms with E-state index in [0.717, 1.165) is 12.5 Å². The molecule has 1 saturated heterocycles. The van der Waals surface area contributed by atoms with Crippen molar-refractivity contribution >= 4 is 11.8 Å². The molecule has 1 aromatic heterocycles. The highest BCUT2D eigenvalue weighted by atomic mass is 32.2. The smallest absolute Gasteiger partial charge is 0.115 e. The van der Waals surface area contributed by atoms with Crippen LogP contribution in [0.3, 0.4) is 0 Å². The van der Waals surface area contributed by atoms with Crippen molar-refractivity contribution in [3.8, 4) is 0 Å². The zero-order chi connectivity index (χ0) is 12.6.